The minimum atomic E-state index is -0.698. The Morgan fingerprint density at radius 3 is 2.41 bits per heavy atom. The zero-order valence-electron chi connectivity index (χ0n) is 20.5. The van der Waals surface area contributed by atoms with Crippen molar-refractivity contribution in [1.82, 2.24) is 15.5 Å². The quantitative estimate of drug-likeness (QED) is 0.315. The van der Waals surface area contributed by atoms with E-state index in [9.17, 15) is 19.5 Å². The normalized spacial score (nSPS) is 28.0. The van der Waals surface area contributed by atoms with Gasteiger partial charge in [0, 0.05) is 19.5 Å². The van der Waals surface area contributed by atoms with E-state index in [2.05, 4.69) is 24.5 Å². The Balaban J connectivity index is 2.44. The summed E-state index contributed by atoms with van der Waals surface area (Å²) in [5, 5.41) is 15.9. The van der Waals surface area contributed by atoms with Gasteiger partial charge >= 0.3 is 0 Å². The fourth-order valence-corrected chi connectivity index (χ4v) is 5.48. The standard InChI is InChI=1S/C25H43N3O4/c1-6-8-9-13-27-24(31)22-19-12-11-17(10-7-2)20(23(30)26-5)21(19)25(32)28(22)18(15-29)14-16(3)4/h11-12,16-22,29H,6-10,13-15H2,1-5H3,(H,26,30)(H,27,31)/t17-,18-,19+,20-,21+,22+/m1/s1. The van der Waals surface area contributed by atoms with Crippen LogP contribution in [-0.4, -0.2) is 60.0 Å². The molecule has 32 heavy (non-hydrogen) atoms. The lowest BCUT2D eigenvalue weighted by molar-refractivity contribution is -0.143. The molecule has 2 rings (SSSR count). The molecule has 3 amide bonds. The van der Waals surface area contributed by atoms with Gasteiger partial charge in [-0.1, -0.05) is 59.1 Å². The van der Waals surface area contributed by atoms with Gasteiger partial charge in [0.25, 0.3) is 0 Å². The van der Waals surface area contributed by atoms with E-state index in [1.807, 2.05) is 26.0 Å². The molecule has 0 aromatic rings. The molecule has 1 aliphatic heterocycles. The van der Waals surface area contributed by atoms with Gasteiger partial charge < -0.3 is 20.6 Å². The molecule has 0 spiro atoms. The summed E-state index contributed by atoms with van der Waals surface area (Å²) in [6, 6.07) is -1.14. The van der Waals surface area contributed by atoms with Crippen LogP contribution in [-0.2, 0) is 14.4 Å². The van der Waals surface area contributed by atoms with E-state index in [-0.39, 0.29) is 42.1 Å². The van der Waals surface area contributed by atoms with E-state index >= 15 is 0 Å². The first-order valence-corrected chi connectivity index (χ1v) is 12.4. The van der Waals surface area contributed by atoms with Crippen molar-refractivity contribution < 1.29 is 19.5 Å². The van der Waals surface area contributed by atoms with Crippen molar-refractivity contribution in [2.45, 2.75) is 78.3 Å². The van der Waals surface area contributed by atoms with Crippen LogP contribution in [0.25, 0.3) is 0 Å². The molecule has 1 saturated heterocycles. The lowest BCUT2D eigenvalue weighted by Gasteiger charge is -2.34. The summed E-state index contributed by atoms with van der Waals surface area (Å²) in [5.41, 5.74) is 0. The zero-order valence-corrected chi connectivity index (χ0v) is 20.5. The predicted molar refractivity (Wildman–Crippen MR) is 126 cm³/mol. The van der Waals surface area contributed by atoms with Gasteiger partial charge in [0.15, 0.2) is 0 Å². The van der Waals surface area contributed by atoms with E-state index < -0.39 is 23.9 Å². The molecule has 0 bridgehead atoms. The van der Waals surface area contributed by atoms with Crippen LogP contribution in [0.15, 0.2) is 12.2 Å². The van der Waals surface area contributed by atoms with Crippen LogP contribution in [0.3, 0.4) is 0 Å². The van der Waals surface area contributed by atoms with Crippen molar-refractivity contribution in [3.05, 3.63) is 12.2 Å². The first-order valence-electron chi connectivity index (χ1n) is 12.4. The third-order valence-electron chi connectivity index (χ3n) is 6.91. The molecule has 6 atom stereocenters. The van der Waals surface area contributed by atoms with Crippen molar-refractivity contribution in [3.8, 4) is 0 Å². The number of nitrogens with zero attached hydrogens (tertiary/aromatic N) is 1. The number of fused-ring (bicyclic) bond motifs is 1. The fourth-order valence-electron chi connectivity index (χ4n) is 5.48. The molecule has 3 N–H and O–H groups in total. The maximum Gasteiger partial charge on any atom is 0.243 e. The van der Waals surface area contributed by atoms with Gasteiger partial charge in [0.05, 0.1) is 24.5 Å². The molecule has 0 aromatic carbocycles. The second kappa shape index (κ2) is 12.4. The van der Waals surface area contributed by atoms with Gasteiger partial charge in [-0.2, -0.15) is 0 Å². The highest BCUT2D eigenvalue weighted by Crippen LogP contribution is 2.46. The van der Waals surface area contributed by atoms with Gasteiger partial charge in [-0.25, -0.2) is 0 Å². The molecule has 0 unspecified atom stereocenters. The monoisotopic (exact) mass is 449 g/mol. The lowest BCUT2D eigenvalue weighted by Crippen LogP contribution is -2.52. The van der Waals surface area contributed by atoms with Crippen LogP contribution in [0, 0.1) is 29.6 Å². The molecule has 182 valence electrons. The molecule has 1 heterocycles. The number of aliphatic hydroxyl groups is 1. The van der Waals surface area contributed by atoms with Gasteiger partial charge in [-0.05, 0) is 31.1 Å². The minimum absolute atomic E-state index is 0.0314. The smallest absolute Gasteiger partial charge is 0.243 e. The van der Waals surface area contributed by atoms with Gasteiger partial charge in [0.1, 0.15) is 6.04 Å². The molecule has 7 nitrogen and oxygen atoms in total. The van der Waals surface area contributed by atoms with Gasteiger partial charge in [-0.3, -0.25) is 14.4 Å². The summed E-state index contributed by atoms with van der Waals surface area (Å²) in [4.78, 5) is 41.7. The number of carbonyl (C=O) groups excluding carboxylic acids is 3. The van der Waals surface area contributed by atoms with E-state index in [4.69, 9.17) is 0 Å². The molecule has 0 saturated carbocycles. The third-order valence-corrected chi connectivity index (χ3v) is 6.91. The predicted octanol–water partition coefficient (Wildman–Crippen LogP) is 2.49. The molecular formula is C25H43N3O4. The summed E-state index contributed by atoms with van der Waals surface area (Å²) in [5.74, 6) is -1.73. The topological polar surface area (TPSA) is 98.7 Å². The number of hydrogen-bond acceptors (Lipinski definition) is 4. The Morgan fingerprint density at radius 1 is 1.12 bits per heavy atom. The number of unbranched alkanes of at least 4 members (excludes halogenated alkanes) is 2. The third kappa shape index (κ3) is 5.72. The van der Waals surface area contributed by atoms with Crippen LogP contribution >= 0.6 is 0 Å². The van der Waals surface area contributed by atoms with Crippen LogP contribution in [0.5, 0.6) is 0 Å². The molecule has 1 fully saturated rings. The SMILES string of the molecule is CCCCCNC(=O)[C@@H]1[C@H]2C=C[C@@H](CCC)[C@@H](C(=O)NC)[C@H]2C(=O)N1[C@@H](CO)CC(C)C. The average Bonchev–Trinajstić information content (AvgIpc) is 3.06. The maximum atomic E-state index is 13.8. The highest BCUT2D eigenvalue weighted by Gasteiger charge is 2.58. The fraction of sp³-hybridized carbons (Fsp3) is 0.800. The van der Waals surface area contributed by atoms with Crippen molar-refractivity contribution in [3.63, 3.8) is 0 Å². The van der Waals surface area contributed by atoms with E-state index in [1.54, 1.807) is 11.9 Å². The zero-order chi connectivity index (χ0) is 23.8. The van der Waals surface area contributed by atoms with Crippen LogP contribution in [0.2, 0.25) is 0 Å². The second-order valence-corrected chi connectivity index (χ2v) is 9.74. The first kappa shape index (κ1) is 26.4. The number of hydrogen-bond donors (Lipinski definition) is 3. The van der Waals surface area contributed by atoms with E-state index in [0.717, 1.165) is 32.1 Å². The van der Waals surface area contributed by atoms with Gasteiger partial charge in [0.2, 0.25) is 17.7 Å². The molecular weight excluding hydrogens is 406 g/mol. The first-order chi connectivity index (χ1) is 15.3. The number of amides is 3. The Bertz CT molecular complexity index is 678. The Labute approximate surface area is 193 Å². The lowest BCUT2D eigenvalue weighted by atomic mass is 9.68. The average molecular weight is 450 g/mol. The molecule has 0 radical (unpaired) electrons. The summed E-state index contributed by atoms with van der Waals surface area (Å²) in [6.07, 6.45) is 9.34. The number of aliphatic hydroxyl groups excluding tert-OH is 1. The Kier molecular flexibility index (Phi) is 10.2. The van der Waals surface area contributed by atoms with E-state index in [0.29, 0.717) is 13.0 Å². The second-order valence-electron chi connectivity index (χ2n) is 9.74. The van der Waals surface area contributed by atoms with E-state index in [1.165, 1.54) is 0 Å². The largest absolute Gasteiger partial charge is 0.394 e. The number of carbonyl (C=O) groups is 3. The highest BCUT2D eigenvalue weighted by atomic mass is 16.3. The summed E-state index contributed by atoms with van der Waals surface area (Å²) in [7, 11) is 1.60. The van der Waals surface area contributed by atoms with Crippen LogP contribution in [0.4, 0.5) is 0 Å². The molecule has 1 aliphatic carbocycles. The Hall–Kier alpha value is -1.89. The summed E-state index contributed by atoms with van der Waals surface area (Å²) < 4.78 is 0. The maximum absolute atomic E-state index is 13.8. The number of rotatable bonds is 12. The van der Waals surface area contributed by atoms with Crippen molar-refractivity contribution in [1.29, 1.82) is 0 Å². The van der Waals surface area contributed by atoms with Crippen molar-refractivity contribution in [2.75, 3.05) is 20.2 Å². The van der Waals surface area contributed by atoms with Gasteiger partial charge in [-0.15, -0.1) is 0 Å². The highest BCUT2D eigenvalue weighted by molar-refractivity contribution is 5.97. The van der Waals surface area contributed by atoms with Crippen LogP contribution < -0.4 is 10.6 Å². The number of likely N-dealkylation sites (tertiary alicyclic amines) is 1. The van der Waals surface area contributed by atoms with Crippen molar-refractivity contribution in [2.24, 2.45) is 29.6 Å². The molecule has 7 heteroatoms. The number of allylic oxidation sites excluding steroid dienone is 1. The summed E-state index contributed by atoms with van der Waals surface area (Å²) in [6.45, 7) is 8.63. The molecule has 0 aromatic heterocycles. The summed E-state index contributed by atoms with van der Waals surface area (Å²) >= 11 is 0. The molecule has 2 aliphatic rings. The Morgan fingerprint density at radius 2 is 1.84 bits per heavy atom. The minimum Gasteiger partial charge on any atom is -0.394 e. The van der Waals surface area contributed by atoms with Crippen molar-refractivity contribution >= 4 is 17.7 Å². The van der Waals surface area contributed by atoms with Crippen LogP contribution in [0.1, 0.15) is 66.2 Å². The number of nitrogens with one attached hydrogen (secondary N) is 2.